The lowest BCUT2D eigenvalue weighted by Gasteiger charge is -2.17. The van der Waals surface area contributed by atoms with Crippen LogP contribution in [-0.2, 0) is 0 Å². The van der Waals surface area contributed by atoms with Gasteiger partial charge in [0.2, 0.25) is 0 Å². The Morgan fingerprint density at radius 3 is 2.48 bits per heavy atom. The molecule has 110 valence electrons. The maximum atomic E-state index is 10.8. The van der Waals surface area contributed by atoms with Gasteiger partial charge in [-0.1, -0.05) is 23.7 Å². The minimum atomic E-state index is -0.445. The van der Waals surface area contributed by atoms with Crippen molar-refractivity contribution < 1.29 is 9.66 Å². The number of halogens is 1. The molecule has 0 saturated carbocycles. The van der Waals surface area contributed by atoms with Crippen molar-refractivity contribution in [2.75, 3.05) is 12.4 Å². The molecular weight excluding hydrogens is 292 g/mol. The standard InChI is InChI=1S/C15H15ClN2O3/c1-10(11-3-6-13(21-2)7-4-11)17-15-9-12(18(19)20)5-8-14(15)16/h3-10,17H,1-2H3. The van der Waals surface area contributed by atoms with Gasteiger partial charge in [0.25, 0.3) is 5.69 Å². The normalized spacial score (nSPS) is 11.8. The van der Waals surface area contributed by atoms with E-state index in [1.165, 1.54) is 18.2 Å². The number of ether oxygens (including phenoxy) is 1. The molecule has 2 aromatic rings. The zero-order valence-electron chi connectivity index (χ0n) is 11.7. The highest BCUT2D eigenvalue weighted by Crippen LogP contribution is 2.30. The fourth-order valence-corrected chi connectivity index (χ4v) is 2.12. The second kappa shape index (κ2) is 6.45. The lowest BCUT2D eigenvalue weighted by Crippen LogP contribution is -2.07. The highest BCUT2D eigenvalue weighted by Gasteiger charge is 2.12. The maximum Gasteiger partial charge on any atom is 0.271 e. The first-order valence-electron chi connectivity index (χ1n) is 6.35. The summed E-state index contributed by atoms with van der Waals surface area (Å²) in [5, 5.41) is 14.4. The van der Waals surface area contributed by atoms with E-state index in [1.54, 1.807) is 7.11 Å². The molecule has 1 unspecified atom stereocenters. The molecular formula is C15H15ClN2O3. The van der Waals surface area contributed by atoms with Crippen molar-refractivity contribution in [2.45, 2.75) is 13.0 Å². The number of rotatable bonds is 5. The molecule has 0 aliphatic heterocycles. The molecule has 21 heavy (non-hydrogen) atoms. The summed E-state index contributed by atoms with van der Waals surface area (Å²) >= 11 is 6.08. The fraction of sp³-hybridized carbons (Fsp3) is 0.200. The van der Waals surface area contributed by atoms with Crippen molar-refractivity contribution in [3.8, 4) is 5.75 Å². The van der Waals surface area contributed by atoms with Gasteiger partial charge in [-0.3, -0.25) is 10.1 Å². The van der Waals surface area contributed by atoms with Gasteiger partial charge < -0.3 is 10.1 Å². The van der Waals surface area contributed by atoms with Crippen molar-refractivity contribution in [1.29, 1.82) is 0 Å². The van der Waals surface area contributed by atoms with Gasteiger partial charge in [-0.25, -0.2) is 0 Å². The molecule has 0 saturated heterocycles. The van der Waals surface area contributed by atoms with E-state index >= 15 is 0 Å². The average molecular weight is 307 g/mol. The summed E-state index contributed by atoms with van der Waals surface area (Å²) in [6.45, 7) is 1.96. The Morgan fingerprint density at radius 1 is 1.24 bits per heavy atom. The monoisotopic (exact) mass is 306 g/mol. The Labute approximate surface area is 127 Å². The first kappa shape index (κ1) is 15.1. The van der Waals surface area contributed by atoms with Gasteiger partial charge in [0.1, 0.15) is 5.75 Å². The summed E-state index contributed by atoms with van der Waals surface area (Å²) in [4.78, 5) is 10.4. The van der Waals surface area contributed by atoms with Gasteiger partial charge in [-0.2, -0.15) is 0 Å². The minimum Gasteiger partial charge on any atom is -0.497 e. The molecule has 0 fully saturated rings. The van der Waals surface area contributed by atoms with Crippen LogP contribution in [0.4, 0.5) is 11.4 Å². The third kappa shape index (κ3) is 3.64. The van der Waals surface area contributed by atoms with Crippen LogP contribution in [0, 0.1) is 10.1 Å². The molecule has 0 spiro atoms. The summed E-state index contributed by atoms with van der Waals surface area (Å²) in [6.07, 6.45) is 0. The summed E-state index contributed by atoms with van der Waals surface area (Å²) in [6, 6.07) is 11.9. The van der Waals surface area contributed by atoms with Crippen LogP contribution in [0.5, 0.6) is 5.75 Å². The summed E-state index contributed by atoms with van der Waals surface area (Å²) < 4.78 is 5.11. The van der Waals surface area contributed by atoms with E-state index in [1.807, 2.05) is 31.2 Å². The summed E-state index contributed by atoms with van der Waals surface area (Å²) in [7, 11) is 1.61. The highest BCUT2D eigenvalue weighted by atomic mass is 35.5. The minimum absolute atomic E-state index is 0.00355. The smallest absolute Gasteiger partial charge is 0.271 e. The van der Waals surface area contributed by atoms with Crippen molar-refractivity contribution in [2.24, 2.45) is 0 Å². The van der Waals surface area contributed by atoms with Crippen LogP contribution in [0.1, 0.15) is 18.5 Å². The topological polar surface area (TPSA) is 64.4 Å². The SMILES string of the molecule is COc1ccc(C(C)Nc2cc([N+](=O)[O-])ccc2Cl)cc1. The van der Waals surface area contributed by atoms with Crippen LogP contribution in [0.25, 0.3) is 0 Å². The average Bonchev–Trinajstić information content (AvgIpc) is 2.49. The molecule has 1 N–H and O–H groups in total. The molecule has 0 bridgehead atoms. The molecule has 1 atom stereocenters. The molecule has 0 amide bonds. The van der Waals surface area contributed by atoms with E-state index in [4.69, 9.17) is 16.3 Å². The van der Waals surface area contributed by atoms with Crippen LogP contribution in [0.15, 0.2) is 42.5 Å². The molecule has 0 aliphatic carbocycles. The molecule has 2 aromatic carbocycles. The van der Waals surface area contributed by atoms with Crippen molar-refractivity contribution in [3.05, 3.63) is 63.2 Å². The number of nitro groups is 1. The van der Waals surface area contributed by atoms with Gasteiger partial charge in [-0.05, 0) is 30.7 Å². The number of nitro benzene ring substituents is 1. The number of nitrogens with one attached hydrogen (secondary N) is 1. The predicted molar refractivity (Wildman–Crippen MR) is 83.1 cm³/mol. The molecule has 0 radical (unpaired) electrons. The van der Waals surface area contributed by atoms with Crippen LogP contribution in [-0.4, -0.2) is 12.0 Å². The predicted octanol–water partition coefficient (Wildman–Crippen LogP) is 4.43. The highest BCUT2D eigenvalue weighted by molar-refractivity contribution is 6.33. The van der Waals surface area contributed by atoms with Crippen molar-refractivity contribution in [1.82, 2.24) is 0 Å². The van der Waals surface area contributed by atoms with Gasteiger partial charge in [0.15, 0.2) is 0 Å². The fourth-order valence-electron chi connectivity index (χ4n) is 1.95. The Balaban J connectivity index is 2.19. The molecule has 0 heterocycles. The first-order valence-corrected chi connectivity index (χ1v) is 6.73. The Morgan fingerprint density at radius 2 is 1.90 bits per heavy atom. The Kier molecular flexibility index (Phi) is 4.65. The zero-order chi connectivity index (χ0) is 15.4. The number of hydrogen-bond acceptors (Lipinski definition) is 4. The number of anilines is 1. The van der Waals surface area contributed by atoms with Gasteiger partial charge in [-0.15, -0.1) is 0 Å². The van der Waals surface area contributed by atoms with Crippen molar-refractivity contribution >= 4 is 23.0 Å². The molecule has 6 heteroatoms. The Hall–Kier alpha value is -2.27. The molecule has 5 nitrogen and oxygen atoms in total. The summed E-state index contributed by atoms with van der Waals surface area (Å²) in [5.74, 6) is 0.777. The number of methoxy groups -OCH3 is 1. The quantitative estimate of drug-likeness (QED) is 0.655. The van der Waals surface area contributed by atoms with Gasteiger partial charge in [0.05, 0.1) is 22.7 Å². The largest absolute Gasteiger partial charge is 0.497 e. The van der Waals surface area contributed by atoms with Crippen molar-refractivity contribution in [3.63, 3.8) is 0 Å². The molecule has 0 aliphatic rings. The lowest BCUT2D eigenvalue weighted by atomic mass is 10.1. The lowest BCUT2D eigenvalue weighted by molar-refractivity contribution is -0.384. The molecule has 2 rings (SSSR count). The summed E-state index contributed by atoms with van der Waals surface area (Å²) in [5.41, 5.74) is 1.57. The number of nitrogens with zero attached hydrogens (tertiary/aromatic N) is 1. The van der Waals surface area contributed by atoms with Gasteiger partial charge >= 0.3 is 0 Å². The zero-order valence-corrected chi connectivity index (χ0v) is 12.4. The number of benzene rings is 2. The second-order valence-corrected chi connectivity index (χ2v) is 4.97. The Bertz CT molecular complexity index is 644. The van der Waals surface area contributed by atoms with E-state index in [-0.39, 0.29) is 11.7 Å². The first-order chi connectivity index (χ1) is 10.0. The number of hydrogen-bond donors (Lipinski definition) is 1. The van der Waals surface area contributed by atoms with E-state index < -0.39 is 4.92 Å². The third-order valence-corrected chi connectivity index (χ3v) is 3.48. The van der Waals surface area contributed by atoms with E-state index in [9.17, 15) is 10.1 Å². The van der Waals surface area contributed by atoms with Crippen LogP contribution in [0.3, 0.4) is 0 Å². The van der Waals surface area contributed by atoms with Crippen LogP contribution >= 0.6 is 11.6 Å². The van der Waals surface area contributed by atoms with E-state index in [0.29, 0.717) is 10.7 Å². The maximum absolute atomic E-state index is 10.8. The van der Waals surface area contributed by atoms with Crippen LogP contribution < -0.4 is 10.1 Å². The van der Waals surface area contributed by atoms with Gasteiger partial charge in [0, 0.05) is 18.2 Å². The van der Waals surface area contributed by atoms with E-state index in [0.717, 1.165) is 11.3 Å². The third-order valence-electron chi connectivity index (χ3n) is 3.15. The molecule has 0 aromatic heterocycles. The number of non-ortho nitro benzene ring substituents is 1. The van der Waals surface area contributed by atoms with E-state index in [2.05, 4.69) is 5.32 Å². The van der Waals surface area contributed by atoms with Crippen LogP contribution in [0.2, 0.25) is 5.02 Å². The second-order valence-electron chi connectivity index (χ2n) is 4.56.